The number of alkyl halides is 2. The first-order valence-electron chi connectivity index (χ1n) is 10.5. The molecule has 3 fully saturated rings. The minimum atomic E-state index is -3.11. The molecule has 2 N–H and O–H groups in total. The Bertz CT molecular complexity index is 667. The first kappa shape index (κ1) is 21.8. The molecule has 7 nitrogen and oxygen atoms in total. The minimum absolute atomic E-state index is 0.268. The van der Waals surface area contributed by atoms with Gasteiger partial charge in [0, 0.05) is 32.6 Å². The van der Waals surface area contributed by atoms with Gasteiger partial charge in [0.2, 0.25) is 11.8 Å². The Labute approximate surface area is 170 Å². The summed E-state index contributed by atoms with van der Waals surface area (Å²) in [6.45, 7) is 7.21. The van der Waals surface area contributed by atoms with Crippen LogP contribution in [0, 0.1) is 16.7 Å². The van der Waals surface area contributed by atoms with Crippen LogP contribution in [0.1, 0.15) is 52.4 Å². The number of nitrogens with one attached hydrogen (secondary N) is 2. The second-order valence-electron chi connectivity index (χ2n) is 9.16. The number of hydrogen-bond acceptors (Lipinski definition) is 4. The van der Waals surface area contributed by atoms with Crippen molar-refractivity contribution >= 4 is 11.9 Å². The normalized spacial score (nSPS) is 23.6. The standard InChI is InChI=1S/C20H31F2N5O2/c1-3-8-26-13-19(14-26)6-9-27(10-7-19)17(29)24-15(11-18(2,21)22)16(28)25-20(12-23)4-5-20/h15H,3-11,13-14H2,1-2H3,(H,24,29)(H,25,28). The Hall–Kier alpha value is -1.95. The fraction of sp³-hybridized carbons (Fsp3) is 0.850. The SMILES string of the molecule is CCCN1CC2(CCN(C(=O)NC(CC(C)(F)F)C(=O)NC3(C#N)CC3)CC2)C1. The van der Waals surface area contributed by atoms with E-state index in [4.69, 9.17) is 5.26 Å². The van der Waals surface area contributed by atoms with Crippen LogP contribution < -0.4 is 10.6 Å². The molecule has 3 aliphatic rings. The largest absolute Gasteiger partial charge is 0.336 e. The number of carbonyl (C=O) groups is 2. The van der Waals surface area contributed by atoms with Crippen molar-refractivity contribution in [2.24, 2.45) is 5.41 Å². The van der Waals surface area contributed by atoms with Crippen LogP contribution in [-0.4, -0.2) is 72.0 Å². The molecule has 0 aromatic heterocycles. The number of likely N-dealkylation sites (tertiary alicyclic amines) is 2. The van der Waals surface area contributed by atoms with Gasteiger partial charge in [0.25, 0.3) is 0 Å². The Morgan fingerprint density at radius 2 is 1.83 bits per heavy atom. The molecule has 1 aliphatic carbocycles. The van der Waals surface area contributed by atoms with Crippen LogP contribution in [0.25, 0.3) is 0 Å². The van der Waals surface area contributed by atoms with E-state index in [1.807, 2.05) is 6.07 Å². The molecule has 2 heterocycles. The van der Waals surface area contributed by atoms with Gasteiger partial charge in [0.1, 0.15) is 11.6 Å². The number of rotatable bonds is 7. The molecule has 2 aliphatic heterocycles. The first-order chi connectivity index (χ1) is 13.6. The summed E-state index contributed by atoms with van der Waals surface area (Å²) in [5.74, 6) is -3.83. The van der Waals surface area contributed by atoms with Crippen LogP contribution in [0.4, 0.5) is 13.6 Å². The third kappa shape index (κ3) is 5.35. The van der Waals surface area contributed by atoms with E-state index >= 15 is 0 Å². The highest BCUT2D eigenvalue weighted by Gasteiger charge is 2.47. The van der Waals surface area contributed by atoms with Gasteiger partial charge in [-0.15, -0.1) is 0 Å². The minimum Gasteiger partial charge on any atom is -0.336 e. The van der Waals surface area contributed by atoms with Gasteiger partial charge in [-0.3, -0.25) is 4.79 Å². The smallest absolute Gasteiger partial charge is 0.318 e. The van der Waals surface area contributed by atoms with E-state index in [1.165, 1.54) is 0 Å². The maximum absolute atomic E-state index is 13.6. The van der Waals surface area contributed by atoms with E-state index in [9.17, 15) is 18.4 Å². The summed E-state index contributed by atoms with van der Waals surface area (Å²) in [4.78, 5) is 29.2. The van der Waals surface area contributed by atoms with Crippen LogP contribution in [0.2, 0.25) is 0 Å². The first-order valence-corrected chi connectivity index (χ1v) is 10.5. The summed E-state index contributed by atoms with van der Waals surface area (Å²) in [5.41, 5.74) is -0.695. The molecule has 162 valence electrons. The lowest BCUT2D eigenvalue weighted by Gasteiger charge is -2.54. The van der Waals surface area contributed by atoms with Crippen molar-refractivity contribution in [2.75, 3.05) is 32.7 Å². The van der Waals surface area contributed by atoms with Crippen molar-refractivity contribution in [1.29, 1.82) is 5.26 Å². The van der Waals surface area contributed by atoms with Gasteiger partial charge < -0.3 is 20.4 Å². The number of nitrogens with zero attached hydrogens (tertiary/aromatic N) is 3. The molecule has 1 atom stereocenters. The van der Waals surface area contributed by atoms with E-state index in [0.29, 0.717) is 25.9 Å². The third-order valence-electron chi connectivity index (χ3n) is 6.27. The Balaban J connectivity index is 1.53. The third-order valence-corrected chi connectivity index (χ3v) is 6.27. The highest BCUT2D eigenvalue weighted by Crippen LogP contribution is 2.40. The lowest BCUT2D eigenvalue weighted by molar-refractivity contribution is -0.126. The molecule has 0 radical (unpaired) electrons. The maximum atomic E-state index is 13.6. The van der Waals surface area contributed by atoms with E-state index in [-0.39, 0.29) is 5.41 Å². The van der Waals surface area contributed by atoms with E-state index in [2.05, 4.69) is 22.5 Å². The Kier molecular flexibility index (Phi) is 6.04. The molecule has 2 saturated heterocycles. The van der Waals surface area contributed by atoms with Crippen molar-refractivity contribution in [3.05, 3.63) is 0 Å². The number of amides is 3. The van der Waals surface area contributed by atoms with Gasteiger partial charge in [-0.1, -0.05) is 6.92 Å². The highest BCUT2D eigenvalue weighted by atomic mass is 19.3. The monoisotopic (exact) mass is 411 g/mol. The van der Waals surface area contributed by atoms with Crippen molar-refractivity contribution in [2.45, 2.75) is 69.9 Å². The van der Waals surface area contributed by atoms with Gasteiger partial charge in [0.15, 0.2) is 0 Å². The second-order valence-corrected chi connectivity index (χ2v) is 9.16. The molecular weight excluding hydrogens is 380 g/mol. The van der Waals surface area contributed by atoms with Gasteiger partial charge >= 0.3 is 6.03 Å². The molecular formula is C20H31F2N5O2. The quantitative estimate of drug-likeness (QED) is 0.671. The zero-order chi connectivity index (χ0) is 21.3. The number of urea groups is 1. The summed E-state index contributed by atoms with van der Waals surface area (Å²) in [6, 6.07) is 0.148. The van der Waals surface area contributed by atoms with Gasteiger partial charge in [0.05, 0.1) is 6.07 Å². The summed E-state index contributed by atoms with van der Waals surface area (Å²) in [6.07, 6.45) is 3.11. The average Bonchev–Trinajstić information content (AvgIpc) is 3.39. The van der Waals surface area contributed by atoms with E-state index in [0.717, 1.165) is 45.8 Å². The summed E-state index contributed by atoms with van der Waals surface area (Å²) in [7, 11) is 0. The van der Waals surface area contributed by atoms with Gasteiger partial charge in [-0.2, -0.15) is 5.26 Å². The van der Waals surface area contributed by atoms with Crippen molar-refractivity contribution in [3.8, 4) is 6.07 Å². The maximum Gasteiger partial charge on any atom is 0.318 e. The lowest BCUT2D eigenvalue weighted by atomic mass is 9.72. The molecule has 29 heavy (non-hydrogen) atoms. The fourth-order valence-corrected chi connectivity index (χ4v) is 4.40. The van der Waals surface area contributed by atoms with Crippen LogP contribution in [0.15, 0.2) is 0 Å². The predicted octanol–water partition coefficient (Wildman–Crippen LogP) is 2.09. The van der Waals surface area contributed by atoms with Gasteiger partial charge in [-0.25, -0.2) is 13.6 Å². The predicted molar refractivity (Wildman–Crippen MR) is 103 cm³/mol. The van der Waals surface area contributed by atoms with Crippen LogP contribution in [-0.2, 0) is 4.79 Å². The number of halogens is 2. The number of carbonyl (C=O) groups excluding carboxylic acids is 2. The molecule has 0 aromatic rings. The fourth-order valence-electron chi connectivity index (χ4n) is 4.40. The Morgan fingerprint density at radius 1 is 1.21 bits per heavy atom. The van der Waals surface area contributed by atoms with E-state index in [1.54, 1.807) is 4.90 Å². The summed E-state index contributed by atoms with van der Waals surface area (Å²) in [5, 5.41) is 14.1. The highest BCUT2D eigenvalue weighted by molar-refractivity contribution is 5.88. The van der Waals surface area contributed by atoms with E-state index < -0.39 is 35.9 Å². The zero-order valence-corrected chi connectivity index (χ0v) is 17.3. The van der Waals surface area contributed by atoms with Crippen LogP contribution in [0.3, 0.4) is 0 Å². The van der Waals surface area contributed by atoms with Crippen LogP contribution in [0.5, 0.6) is 0 Å². The molecule has 1 spiro atoms. The van der Waals surface area contributed by atoms with Crippen molar-refractivity contribution in [1.82, 2.24) is 20.4 Å². The van der Waals surface area contributed by atoms with Crippen molar-refractivity contribution in [3.63, 3.8) is 0 Å². The van der Waals surface area contributed by atoms with Crippen molar-refractivity contribution < 1.29 is 18.4 Å². The van der Waals surface area contributed by atoms with Crippen LogP contribution >= 0.6 is 0 Å². The topological polar surface area (TPSA) is 88.5 Å². The summed E-state index contributed by atoms with van der Waals surface area (Å²) < 4.78 is 27.2. The van der Waals surface area contributed by atoms with Gasteiger partial charge in [-0.05, 0) is 51.0 Å². The average molecular weight is 411 g/mol. The lowest BCUT2D eigenvalue weighted by Crippen LogP contribution is -2.62. The Morgan fingerprint density at radius 3 is 2.31 bits per heavy atom. The molecule has 3 rings (SSSR count). The molecule has 3 amide bonds. The second kappa shape index (κ2) is 8.05. The summed E-state index contributed by atoms with van der Waals surface area (Å²) >= 11 is 0. The zero-order valence-electron chi connectivity index (χ0n) is 17.3. The number of piperidine rings is 1. The molecule has 0 aromatic carbocycles. The molecule has 1 saturated carbocycles. The molecule has 9 heteroatoms. The number of hydrogen-bond donors (Lipinski definition) is 2. The number of nitriles is 1. The molecule has 1 unspecified atom stereocenters. The molecule has 0 bridgehead atoms.